The Bertz CT molecular complexity index is 308. The maximum atomic E-state index is 10.6. The third kappa shape index (κ3) is 2.30. The standard InChI is InChI=1S/C8H8BNO2/c1-6(11)4-8(12)7-5-9-2-3-10-7/h2-5,12H,1H3. The maximum absolute atomic E-state index is 10.6. The van der Waals surface area contributed by atoms with E-state index in [2.05, 4.69) is 4.98 Å². The number of ketones is 1. The number of aromatic nitrogens is 1. The van der Waals surface area contributed by atoms with Gasteiger partial charge >= 0.3 is 70.2 Å². The average molecular weight is 161 g/mol. The van der Waals surface area contributed by atoms with Gasteiger partial charge in [0.2, 0.25) is 0 Å². The van der Waals surface area contributed by atoms with Gasteiger partial charge < -0.3 is 0 Å². The summed E-state index contributed by atoms with van der Waals surface area (Å²) in [5.41, 5.74) is 0.410. The summed E-state index contributed by atoms with van der Waals surface area (Å²) >= 11 is 0. The molecule has 0 radical (unpaired) electrons. The molecule has 4 heteroatoms. The third-order valence-corrected chi connectivity index (χ3v) is 1.27. The second-order valence-corrected chi connectivity index (χ2v) is 2.36. The molecule has 1 rings (SSSR count). The number of carbonyl (C=O) groups is 1. The van der Waals surface area contributed by atoms with Crippen molar-refractivity contribution >= 4 is 18.5 Å². The van der Waals surface area contributed by atoms with Crippen LogP contribution < -0.4 is 0 Å². The molecule has 0 aliphatic heterocycles. The molecule has 0 aliphatic carbocycles. The Labute approximate surface area is 71.0 Å². The van der Waals surface area contributed by atoms with Crippen LogP contribution in [0.15, 0.2) is 24.2 Å². The molecule has 0 saturated heterocycles. The monoisotopic (exact) mass is 161 g/mol. The van der Waals surface area contributed by atoms with E-state index in [1.807, 2.05) is 0 Å². The molecule has 1 aromatic heterocycles. The molecular weight excluding hydrogens is 153 g/mol. The van der Waals surface area contributed by atoms with Crippen LogP contribution in [0.3, 0.4) is 0 Å². The molecular formula is C8H8BNO2. The molecule has 0 spiro atoms. The van der Waals surface area contributed by atoms with Crippen molar-refractivity contribution < 1.29 is 9.90 Å². The molecule has 0 saturated carbocycles. The first-order valence-corrected chi connectivity index (χ1v) is 3.53. The van der Waals surface area contributed by atoms with Crippen LogP contribution >= 0.6 is 0 Å². The fourth-order valence-electron chi connectivity index (χ4n) is 0.781. The van der Waals surface area contributed by atoms with E-state index < -0.39 is 0 Å². The number of aliphatic hydroxyl groups excluding tert-OH is 1. The fraction of sp³-hybridized carbons (Fsp3) is 0.125. The minimum atomic E-state index is -0.196. The number of rotatable bonds is 2. The van der Waals surface area contributed by atoms with Crippen LogP contribution in [-0.2, 0) is 4.79 Å². The van der Waals surface area contributed by atoms with Crippen LogP contribution in [0.2, 0.25) is 0 Å². The van der Waals surface area contributed by atoms with E-state index in [0.717, 1.165) is 6.08 Å². The number of aliphatic hydroxyl groups is 1. The zero-order valence-electron chi connectivity index (χ0n) is 6.69. The summed E-state index contributed by atoms with van der Waals surface area (Å²) in [5, 5.41) is 9.27. The molecule has 60 valence electrons. The third-order valence-electron chi connectivity index (χ3n) is 1.27. The number of carbonyl (C=O) groups excluding carboxylic acids is 1. The Morgan fingerprint density at radius 1 is 1.75 bits per heavy atom. The van der Waals surface area contributed by atoms with Gasteiger partial charge in [-0.1, -0.05) is 0 Å². The molecule has 0 unspecified atom stereocenters. The van der Waals surface area contributed by atoms with E-state index in [0.29, 0.717) is 5.69 Å². The van der Waals surface area contributed by atoms with Crippen molar-refractivity contribution in [3.8, 4) is 0 Å². The summed E-state index contributed by atoms with van der Waals surface area (Å²) < 4.78 is 0. The molecule has 0 fully saturated rings. The quantitative estimate of drug-likeness (QED) is 0.517. The summed E-state index contributed by atoms with van der Waals surface area (Å²) in [6.45, 7) is 3.12. The van der Waals surface area contributed by atoms with Crippen LogP contribution in [-0.4, -0.2) is 22.8 Å². The van der Waals surface area contributed by atoms with Gasteiger partial charge in [-0.15, -0.1) is 0 Å². The molecule has 3 nitrogen and oxygen atoms in total. The van der Waals surface area contributed by atoms with Gasteiger partial charge in [0.15, 0.2) is 0 Å². The number of hydrogen-bond acceptors (Lipinski definition) is 3. The predicted molar refractivity (Wildman–Crippen MR) is 46.9 cm³/mol. The summed E-state index contributed by atoms with van der Waals surface area (Å²) in [6.07, 6.45) is 2.70. The second-order valence-electron chi connectivity index (χ2n) is 2.36. The van der Waals surface area contributed by atoms with E-state index in [9.17, 15) is 9.90 Å². The zero-order chi connectivity index (χ0) is 8.97. The van der Waals surface area contributed by atoms with Crippen LogP contribution in [0.1, 0.15) is 12.6 Å². The van der Waals surface area contributed by atoms with Crippen molar-refractivity contribution in [2.75, 3.05) is 0 Å². The Kier molecular flexibility index (Phi) is 2.74. The van der Waals surface area contributed by atoms with Gasteiger partial charge in [0.1, 0.15) is 0 Å². The zero-order valence-corrected chi connectivity index (χ0v) is 6.69. The van der Waals surface area contributed by atoms with Crippen LogP contribution in [0.5, 0.6) is 0 Å². The van der Waals surface area contributed by atoms with Crippen molar-refractivity contribution in [1.29, 1.82) is 0 Å². The number of allylic oxidation sites excluding steroid dienone is 1. The normalized spacial score (nSPS) is 10.9. The molecule has 0 aliphatic rings. The molecule has 0 aromatic carbocycles. The van der Waals surface area contributed by atoms with E-state index >= 15 is 0 Å². The average Bonchev–Trinajstić information content (AvgIpc) is 2.05. The van der Waals surface area contributed by atoms with Gasteiger partial charge in [0, 0.05) is 0 Å². The molecule has 12 heavy (non-hydrogen) atoms. The van der Waals surface area contributed by atoms with Crippen LogP contribution in [0, 0.1) is 0 Å². The predicted octanol–water partition coefficient (Wildman–Crippen LogP) is 0.908. The molecule has 1 heterocycles. The van der Waals surface area contributed by atoms with Gasteiger partial charge in [-0.05, 0) is 0 Å². The van der Waals surface area contributed by atoms with Gasteiger partial charge in [-0.3, -0.25) is 0 Å². The Morgan fingerprint density at radius 3 is 3.00 bits per heavy atom. The topological polar surface area (TPSA) is 50.2 Å². The van der Waals surface area contributed by atoms with E-state index in [1.165, 1.54) is 6.92 Å². The van der Waals surface area contributed by atoms with E-state index in [1.54, 1.807) is 25.0 Å². The SMILES string of the molecule is CC(=O)C=C(O)c1cbccn1. The van der Waals surface area contributed by atoms with Crippen LogP contribution in [0.4, 0.5) is 0 Å². The van der Waals surface area contributed by atoms with Crippen molar-refractivity contribution in [2.45, 2.75) is 6.92 Å². The van der Waals surface area contributed by atoms with Crippen molar-refractivity contribution in [1.82, 2.24) is 4.98 Å². The fourth-order valence-corrected chi connectivity index (χ4v) is 0.781. The summed E-state index contributed by atoms with van der Waals surface area (Å²) in [4.78, 5) is 14.4. The summed E-state index contributed by atoms with van der Waals surface area (Å²) in [5.74, 6) is 3.08. The first kappa shape index (κ1) is 8.65. The molecule has 0 atom stereocenters. The van der Waals surface area contributed by atoms with E-state index in [4.69, 9.17) is 0 Å². The van der Waals surface area contributed by atoms with Crippen molar-refractivity contribution in [3.05, 3.63) is 29.9 Å². The first-order chi connectivity index (χ1) is 5.70. The van der Waals surface area contributed by atoms with Crippen molar-refractivity contribution in [3.63, 3.8) is 0 Å². The molecule has 0 bridgehead atoms. The second kappa shape index (κ2) is 3.81. The van der Waals surface area contributed by atoms with Gasteiger partial charge in [0.05, 0.1) is 0 Å². The Morgan fingerprint density at radius 2 is 2.50 bits per heavy atom. The van der Waals surface area contributed by atoms with Gasteiger partial charge in [0.25, 0.3) is 0 Å². The number of nitrogens with zero attached hydrogens (tertiary/aromatic N) is 1. The van der Waals surface area contributed by atoms with Crippen LogP contribution in [0.25, 0.3) is 5.76 Å². The Hall–Kier alpha value is -1.45. The summed E-state index contributed by atoms with van der Waals surface area (Å²) in [6, 6.07) is 0. The minimum absolute atomic E-state index is 0.0944. The molecule has 1 N–H and O–H groups in total. The molecule has 0 amide bonds. The Balaban J connectivity index is 2.93. The molecule has 1 aromatic rings. The van der Waals surface area contributed by atoms with Gasteiger partial charge in [-0.2, -0.15) is 0 Å². The van der Waals surface area contributed by atoms with Crippen molar-refractivity contribution in [2.24, 2.45) is 0 Å². The first-order valence-electron chi connectivity index (χ1n) is 3.53. The van der Waals surface area contributed by atoms with Gasteiger partial charge in [-0.25, -0.2) is 0 Å². The number of hydrogen-bond donors (Lipinski definition) is 1. The van der Waals surface area contributed by atoms with E-state index in [-0.39, 0.29) is 11.5 Å². The summed E-state index contributed by atoms with van der Waals surface area (Å²) in [7, 11) is 0.